The van der Waals surface area contributed by atoms with Crippen molar-refractivity contribution in [1.29, 1.82) is 0 Å². The standard InChI is InChI=1S/C25H40N6OS/c1-19-22(15-26-29(19)2)16-30-12-10-21(11-13-30)24-27-28-25(31(24)17-23-9-6-14-32-23)33-18-20-7-4-3-5-8-20/h15,20-21,23H,3-14,16-18H2,1-2H3/t23-/m1/s1. The number of ether oxygens (including phenoxy) is 1. The molecular formula is C25H40N6OS. The van der Waals surface area contributed by atoms with Crippen LogP contribution >= 0.6 is 11.8 Å². The molecule has 0 amide bonds. The molecule has 7 nitrogen and oxygen atoms in total. The second-order valence-corrected chi connectivity index (χ2v) is 11.3. The Balaban J connectivity index is 1.23. The first-order valence-electron chi connectivity index (χ1n) is 13.0. The molecule has 182 valence electrons. The molecule has 3 aliphatic rings. The predicted octanol–water partition coefficient (Wildman–Crippen LogP) is 4.55. The maximum absolute atomic E-state index is 6.01. The number of nitrogens with zero attached hydrogens (tertiary/aromatic N) is 6. The SMILES string of the molecule is Cc1c(CN2CCC(c3nnc(SCC4CCCCC4)n3C[C@H]3CCCO3)CC2)cnn1C. The Morgan fingerprint density at radius 2 is 1.85 bits per heavy atom. The van der Waals surface area contributed by atoms with Crippen LogP contribution in [0, 0.1) is 12.8 Å². The van der Waals surface area contributed by atoms with Gasteiger partial charge in [-0.3, -0.25) is 9.58 Å². The molecule has 0 N–H and O–H groups in total. The number of hydrogen-bond donors (Lipinski definition) is 0. The zero-order valence-electron chi connectivity index (χ0n) is 20.4. The van der Waals surface area contributed by atoms with Gasteiger partial charge in [0.1, 0.15) is 5.82 Å². The van der Waals surface area contributed by atoms with Crippen molar-refractivity contribution in [2.45, 2.75) is 95.0 Å². The Kier molecular flexibility index (Phi) is 7.73. The molecule has 2 aromatic heterocycles. The fourth-order valence-corrected chi connectivity index (χ4v) is 6.85. The molecule has 8 heteroatoms. The molecule has 33 heavy (non-hydrogen) atoms. The van der Waals surface area contributed by atoms with Crippen LogP contribution in [0.1, 0.15) is 80.8 Å². The van der Waals surface area contributed by atoms with Crippen LogP contribution in [0.2, 0.25) is 0 Å². The van der Waals surface area contributed by atoms with Gasteiger partial charge < -0.3 is 9.30 Å². The topological polar surface area (TPSA) is 61.0 Å². The fourth-order valence-electron chi connectivity index (χ4n) is 5.71. The number of rotatable bonds is 8. The molecule has 0 aromatic carbocycles. The van der Waals surface area contributed by atoms with E-state index in [0.717, 1.165) is 63.1 Å². The third-order valence-electron chi connectivity index (χ3n) is 8.01. The van der Waals surface area contributed by atoms with Crippen LogP contribution in [0.3, 0.4) is 0 Å². The van der Waals surface area contributed by atoms with Crippen molar-refractivity contribution in [2.24, 2.45) is 13.0 Å². The maximum atomic E-state index is 6.01. The van der Waals surface area contributed by atoms with E-state index in [4.69, 9.17) is 14.9 Å². The van der Waals surface area contributed by atoms with Gasteiger partial charge >= 0.3 is 0 Å². The molecule has 0 radical (unpaired) electrons. The summed E-state index contributed by atoms with van der Waals surface area (Å²) in [5, 5.41) is 15.0. The lowest BCUT2D eigenvalue weighted by atomic mass is 9.91. The summed E-state index contributed by atoms with van der Waals surface area (Å²) in [6.07, 6.45) is 14.0. The number of piperidine rings is 1. The van der Waals surface area contributed by atoms with E-state index < -0.39 is 0 Å². The van der Waals surface area contributed by atoms with Gasteiger partial charge in [-0.1, -0.05) is 31.0 Å². The lowest BCUT2D eigenvalue weighted by Crippen LogP contribution is -2.33. The van der Waals surface area contributed by atoms with Gasteiger partial charge in [-0.25, -0.2) is 0 Å². The average molecular weight is 473 g/mol. The first-order chi connectivity index (χ1) is 16.2. The van der Waals surface area contributed by atoms with Crippen molar-refractivity contribution in [2.75, 3.05) is 25.4 Å². The molecule has 0 unspecified atom stereocenters. The molecule has 5 rings (SSSR count). The predicted molar refractivity (Wildman–Crippen MR) is 131 cm³/mol. The maximum Gasteiger partial charge on any atom is 0.191 e. The summed E-state index contributed by atoms with van der Waals surface area (Å²) in [6.45, 7) is 7.20. The van der Waals surface area contributed by atoms with Crippen molar-refractivity contribution in [3.63, 3.8) is 0 Å². The lowest BCUT2D eigenvalue weighted by molar-refractivity contribution is 0.0931. The number of aromatic nitrogens is 5. The quantitative estimate of drug-likeness (QED) is 0.525. The van der Waals surface area contributed by atoms with E-state index in [9.17, 15) is 0 Å². The van der Waals surface area contributed by atoms with E-state index in [1.54, 1.807) is 0 Å². The molecule has 1 saturated carbocycles. The van der Waals surface area contributed by atoms with Crippen LogP contribution in [0.5, 0.6) is 0 Å². The van der Waals surface area contributed by atoms with E-state index in [1.807, 2.05) is 29.7 Å². The van der Waals surface area contributed by atoms with Gasteiger partial charge in [0.15, 0.2) is 5.16 Å². The molecule has 1 atom stereocenters. The molecule has 2 aliphatic heterocycles. The van der Waals surface area contributed by atoms with Crippen molar-refractivity contribution < 1.29 is 4.74 Å². The molecule has 0 bridgehead atoms. The third-order valence-corrected chi connectivity index (χ3v) is 9.21. The minimum atomic E-state index is 0.322. The summed E-state index contributed by atoms with van der Waals surface area (Å²) in [7, 11) is 2.02. The van der Waals surface area contributed by atoms with Crippen molar-refractivity contribution in [3.8, 4) is 0 Å². The zero-order valence-corrected chi connectivity index (χ0v) is 21.2. The number of aryl methyl sites for hydroxylation is 1. The van der Waals surface area contributed by atoms with Crippen molar-refractivity contribution >= 4 is 11.8 Å². The van der Waals surface area contributed by atoms with E-state index in [-0.39, 0.29) is 0 Å². The Bertz CT molecular complexity index is 891. The van der Waals surface area contributed by atoms with Crippen LogP contribution in [0.25, 0.3) is 0 Å². The Morgan fingerprint density at radius 1 is 1.03 bits per heavy atom. The highest BCUT2D eigenvalue weighted by Gasteiger charge is 2.29. The van der Waals surface area contributed by atoms with Gasteiger partial charge in [0.2, 0.25) is 0 Å². The van der Waals surface area contributed by atoms with Crippen LogP contribution in [-0.2, 0) is 24.9 Å². The summed E-state index contributed by atoms with van der Waals surface area (Å²) >= 11 is 1.94. The molecular weight excluding hydrogens is 432 g/mol. The van der Waals surface area contributed by atoms with Crippen LogP contribution in [-0.4, -0.2) is 61.0 Å². The minimum Gasteiger partial charge on any atom is -0.376 e. The first-order valence-corrected chi connectivity index (χ1v) is 14.0. The van der Waals surface area contributed by atoms with E-state index in [1.165, 1.54) is 61.4 Å². The molecule has 3 fully saturated rings. The van der Waals surface area contributed by atoms with Gasteiger partial charge in [0, 0.05) is 43.1 Å². The van der Waals surface area contributed by atoms with Crippen LogP contribution in [0.4, 0.5) is 0 Å². The second-order valence-electron chi connectivity index (χ2n) is 10.3. The Hall–Kier alpha value is -1.38. The number of thioether (sulfide) groups is 1. The summed E-state index contributed by atoms with van der Waals surface area (Å²) in [5.74, 6) is 3.73. The Labute approximate surface area is 202 Å². The van der Waals surface area contributed by atoms with E-state index in [0.29, 0.717) is 12.0 Å². The van der Waals surface area contributed by atoms with Crippen molar-refractivity contribution in [3.05, 3.63) is 23.3 Å². The molecule has 0 spiro atoms. The van der Waals surface area contributed by atoms with Gasteiger partial charge in [-0.2, -0.15) is 5.10 Å². The summed E-state index contributed by atoms with van der Waals surface area (Å²) in [5.41, 5.74) is 2.62. The molecule has 1 aliphatic carbocycles. The highest BCUT2D eigenvalue weighted by molar-refractivity contribution is 7.99. The second kappa shape index (κ2) is 10.9. The molecule has 2 aromatic rings. The summed E-state index contributed by atoms with van der Waals surface area (Å²) in [6, 6.07) is 0. The van der Waals surface area contributed by atoms with Gasteiger partial charge in [0.05, 0.1) is 18.8 Å². The van der Waals surface area contributed by atoms with Crippen LogP contribution < -0.4 is 0 Å². The van der Waals surface area contributed by atoms with Gasteiger partial charge in [-0.15, -0.1) is 10.2 Å². The number of likely N-dealkylation sites (tertiary alicyclic amines) is 1. The van der Waals surface area contributed by atoms with Crippen LogP contribution in [0.15, 0.2) is 11.4 Å². The summed E-state index contributed by atoms with van der Waals surface area (Å²) < 4.78 is 10.4. The van der Waals surface area contributed by atoms with E-state index >= 15 is 0 Å². The number of hydrogen-bond acceptors (Lipinski definition) is 6. The van der Waals surface area contributed by atoms with Crippen molar-refractivity contribution in [1.82, 2.24) is 29.4 Å². The average Bonchev–Trinajstić information content (AvgIpc) is 3.58. The zero-order chi connectivity index (χ0) is 22.6. The smallest absolute Gasteiger partial charge is 0.191 e. The fraction of sp³-hybridized carbons (Fsp3) is 0.800. The molecule has 4 heterocycles. The highest BCUT2D eigenvalue weighted by atomic mass is 32.2. The first kappa shape index (κ1) is 23.4. The van der Waals surface area contributed by atoms with E-state index in [2.05, 4.69) is 21.5 Å². The Morgan fingerprint density at radius 3 is 2.55 bits per heavy atom. The van der Waals surface area contributed by atoms with Gasteiger partial charge in [0.25, 0.3) is 0 Å². The minimum absolute atomic E-state index is 0.322. The highest BCUT2D eigenvalue weighted by Crippen LogP contribution is 2.34. The largest absolute Gasteiger partial charge is 0.376 e. The monoisotopic (exact) mass is 472 g/mol. The third kappa shape index (κ3) is 5.65. The normalized spacial score (nSPS) is 23.5. The summed E-state index contributed by atoms with van der Waals surface area (Å²) in [4.78, 5) is 2.57. The van der Waals surface area contributed by atoms with Gasteiger partial charge in [-0.05, 0) is 64.5 Å². The lowest BCUT2D eigenvalue weighted by Gasteiger charge is -2.31. The molecule has 2 saturated heterocycles.